The van der Waals surface area contributed by atoms with Gasteiger partial charge in [-0.2, -0.15) is 0 Å². The van der Waals surface area contributed by atoms with Crippen LogP contribution in [-0.2, 0) is 16.0 Å². The van der Waals surface area contributed by atoms with Crippen LogP contribution in [0.5, 0.6) is 0 Å². The highest BCUT2D eigenvalue weighted by atomic mass is 127. The number of aryl methyl sites for hydroxylation is 1. The molecule has 0 bridgehead atoms. The van der Waals surface area contributed by atoms with Crippen molar-refractivity contribution in [2.45, 2.75) is 52.2 Å². The van der Waals surface area contributed by atoms with E-state index in [-0.39, 0.29) is 30.1 Å². The molecule has 6 heteroatoms. The predicted molar refractivity (Wildman–Crippen MR) is 118 cm³/mol. The van der Waals surface area contributed by atoms with Gasteiger partial charge in [-0.25, -0.2) is 4.99 Å². The maximum Gasteiger partial charge on any atom is 0.191 e. The molecule has 0 spiro atoms. The van der Waals surface area contributed by atoms with Gasteiger partial charge in [-0.15, -0.1) is 24.0 Å². The van der Waals surface area contributed by atoms with Gasteiger partial charge in [-0.1, -0.05) is 43.2 Å². The number of guanidine groups is 1. The minimum atomic E-state index is 0. The lowest BCUT2D eigenvalue weighted by Gasteiger charge is -2.14. The maximum atomic E-state index is 5.70. The Kier molecular flexibility index (Phi) is 12.7. The van der Waals surface area contributed by atoms with Gasteiger partial charge in [0.25, 0.3) is 0 Å². The summed E-state index contributed by atoms with van der Waals surface area (Å²) in [6.07, 6.45) is 4.87. The lowest BCUT2D eigenvalue weighted by Crippen LogP contribution is -2.39. The first-order valence-corrected chi connectivity index (χ1v) is 9.55. The van der Waals surface area contributed by atoms with E-state index >= 15 is 0 Å². The molecular formula is C20H34IN3O2. The average molecular weight is 475 g/mol. The second-order valence-electron chi connectivity index (χ2n) is 6.57. The second kappa shape index (κ2) is 14.2. The number of unbranched alkanes of at least 4 members (excludes halogenated alkanes) is 1. The molecule has 0 aliphatic carbocycles. The highest BCUT2D eigenvalue weighted by Gasteiger charge is 2.14. The van der Waals surface area contributed by atoms with E-state index in [4.69, 9.17) is 9.47 Å². The number of rotatable bonds is 10. The fourth-order valence-corrected chi connectivity index (χ4v) is 2.65. The molecule has 1 aliphatic rings. The number of hydrogen-bond acceptors (Lipinski definition) is 3. The number of hydrogen-bond donors (Lipinski definition) is 2. The molecule has 1 fully saturated rings. The van der Waals surface area contributed by atoms with Crippen molar-refractivity contribution in [3.63, 3.8) is 0 Å². The molecule has 1 heterocycles. The third kappa shape index (κ3) is 9.73. The third-order valence-corrected chi connectivity index (χ3v) is 4.23. The molecule has 5 nitrogen and oxygen atoms in total. The van der Waals surface area contributed by atoms with Crippen LogP contribution in [0.15, 0.2) is 29.3 Å². The van der Waals surface area contributed by atoms with Gasteiger partial charge in [-0.05, 0) is 31.7 Å². The summed E-state index contributed by atoms with van der Waals surface area (Å²) in [5, 5.41) is 6.75. The van der Waals surface area contributed by atoms with Crippen LogP contribution in [0, 0.1) is 6.92 Å². The van der Waals surface area contributed by atoms with Gasteiger partial charge in [0.1, 0.15) is 0 Å². The Labute approximate surface area is 175 Å². The molecule has 1 aliphatic heterocycles. The second-order valence-corrected chi connectivity index (χ2v) is 6.57. The molecule has 148 valence electrons. The van der Waals surface area contributed by atoms with Crippen LogP contribution in [0.25, 0.3) is 0 Å². The minimum absolute atomic E-state index is 0. The minimum Gasteiger partial charge on any atom is -0.377 e. The van der Waals surface area contributed by atoms with Crippen molar-refractivity contribution >= 4 is 29.9 Å². The van der Waals surface area contributed by atoms with Gasteiger partial charge in [0, 0.05) is 19.7 Å². The Balaban J connectivity index is 0.00000338. The summed E-state index contributed by atoms with van der Waals surface area (Å²) in [5.41, 5.74) is 2.49. The van der Waals surface area contributed by atoms with Crippen molar-refractivity contribution in [2.75, 3.05) is 32.9 Å². The fourth-order valence-electron chi connectivity index (χ4n) is 2.65. The Hall–Kier alpha value is -0.860. The van der Waals surface area contributed by atoms with Crippen molar-refractivity contribution in [1.29, 1.82) is 0 Å². The smallest absolute Gasteiger partial charge is 0.191 e. The number of aliphatic imine (C=N–C) groups is 1. The summed E-state index contributed by atoms with van der Waals surface area (Å²) in [6, 6.07) is 8.52. The first kappa shape index (κ1) is 23.2. The monoisotopic (exact) mass is 475 g/mol. The molecule has 2 rings (SSSR count). The molecule has 0 amide bonds. The summed E-state index contributed by atoms with van der Waals surface area (Å²) in [4.78, 5) is 4.68. The van der Waals surface area contributed by atoms with Crippen LogP contribution in [-0.4, -0.2) is 45.0 Å². The van der Waals surface area contributed by atoms with E-state index < -0.39 is 0 Å². The summed E-state index contributed by atoms with van der Waals surface area (Å²) in [6.45, 7) is 8.90. The maximum absolute atomic E-state index is 5.70. The topological polar surface area (TPSA) is 54.9 Å². The average Bonchev–Trinajstić information content (AvgIpc) is 3.14. The van der Waals surface area contributed by atoms with Crippen LogP contribution >= 0.6 is 24.0 Å². The van der Waals surface area contributed by atoms with E-state index in [9.17, 15) is 0 Å². The summed E-state index contributed by atoms with van der Waals surface area (Å²) in [5.74, 6) is 0.856. The van der Waals surface area contributed by atoms with Gasteiger partial charge in [-0.3, -0.25) is 0 Å². The van der Waals surface area contributed by atoms with Crippen LogP contribution in [0.4, 0.5) is 0 Å². The van der Waals surface area contributed by atoms with E-state index in [1.54, 1.807) is 0 Å². The van der Waals surface area contributed by atoms with Crippen LogP contribution in [0.2, 0.25) is 0 Å². The van der Waals surface area contributed by atoms with Gasteiger partial charge in [0.05, 0.1) is 25.9 Å². The van der Waals surface area contributed by atoms with Crippen molar-refractivity contribution in [1.82, 2.24) is 10.6 Å². The molecule has 1 unspecified atom stereocenters. The van der Waals surface area contributed by atoms with Crippen LogP contribution in [0.3, 0.4) is 0 Å². The van der Waals surface area contributed by atoms with Crippen LogP contribution in [0.1, 0.15) is 43.7 Å². The van der Waals surface area contributed by atoms with Crippen LogP contribution < -0.4 is 10.6 Å². The normalized spacial score (nSPS) is 17.0. The number of ether oxygens (including phenoxy) is 2. The quantitative estimate of drug-likeness (QED) is 0.235. The lowest BCUT2D eigenvalue weighted by molar-refractivity contribution is 0.0191. The number of nitrogens with one attached hydrogen (secondary N) is 2. The molecule has 1 aromatic rings. The Morgan fingerprint density at radius 2 is 2.00 bits per heavy atom. The van der Waals surface area contributed by atoms with E-state index in [1.165, 1.54) is 17.5 Å². The summed E-state index contributed by atoms with van der Waals surface area (Å²) in [7, 11) is 0. The molecular weight excluding hydrogens is 441 g/mol. The van der Waals surface area contributed by atoms with Crippen molar-refractivity contribution in [3.05, 3.63) is 35.4 Å². The predicted octanol–water partition coefficient (Wildman–Crippen LogP) is 3.64. The third-order valence-electron chi connectivity index (χ3n) is 4.23. The SMILES string of the molecule is CCCCNC(=NCc1ccc(C)cc1)NCCOCC1CCCO1.I. The molecule has 1 aromatic carbocycles. The van der Waals surface area contributed by atoms with E-state index in [1.807, 2.05) is 0 Å². The zero-order valence-electron chi connectivity index (χ0n) is 16.1. The van der Waals surface area contributed by atoms with Crippen molar-refractivity contribution in [2.24, 2.45) is 4.99 Å². The van der Waals surface area contributed by atoms with E-state index in [2.05, 4.69) is 53.7 Å². The molecule has 1 atom stereocenters. The molecule has 0 saturated carbocycles. The highest BCUT2D eigenvalue weighted by molar-refractivity contribution is 14.0. The molecule has 0 aromatic heterocycles. The largest absolute Gasteiger partial charge is 0.377 e. The molecule has 26 heavy (non-hydrogen) atoms. The number of benzene rings is 1. The zero-order valence-corrected chi connectivity index (χ0v) is 18.5. The zero-order chi connectivity index (χ0) is 17.7. The lowest BCUT2D eigenvalue weighted by atomic mass is 10.1. The first-order chi connectivity index (χ1) is 12.3. The van der Waals surface area contributed by atoms with Gasteiger partial charge >= 0.3 is 0 Å². The number of halogens is 1. The standard InChI is InChI=1S/C20H33N3O2.HI/c1-3-4-11-21-20(23-15-18-9-7-17(2)8-10-18)22-12-14-24-16-19-6-5-13-25-19;/h7-10,19H,3-6,11-16H2,1-2H3,(H2,21,22,23);1H. The van der Waals surface area contributed by atoms with Gasteiger partial charge < -0.3 is 20.1 Å². The molecule has 1 saturated heterocycles. The molecule has 2 N–H and O–H groups in total. The first-order valence-electron chi connectivity index (χ1n) is 9.55. The Bertz CT molecular complexity index is 502. The number of nitrogens with zero attached hydrogens (tertiary/aromatic N) is 1. The fraction of sp³-hybridized carbons (Fsp3) is 0.650. The van der Waals surface area contributed by atoms with E-state index in [0.29, 0.717) is 19.8 Å². The summed E-state index contributed by atoms with van der Waals surface area (Å²) >= 11 is 0. The Morgan fingerprint density at radius 3 is 2.69 bits per heavy atom. The Morgan fingerprint density at radius 1 is 1.23 bits per heavy atom. The molecule has 0 radical (unpaired) electrons. The van der Waals surface area contributed by atoms with E-state index in [0.717, 1.165) is 44.9 Å². The highest BCUT2D eigenvalue weighted by Crippen LogP contribution is 2.11. The summed E-state index contributed by atoms with van der Waals surface area (Å²) < 4.78 is 11.3. The van der Waals surface area contributed by atoms with Crippen molar-refractivity contribution in [3.8, 4) is 0 Å². The van der Waals surface area contributed by atoms with Gasteiger partial charge in [0.15, 0.2) is 5.96 Å². The van der Waals surface area contributed by atoms with Crippen molar-refractivity contribution < 1.29 is 9.47 Å². The van der Waals surface area contributed by atoms with Gasteiger partial charge in [0.2, 0.25) is 0 Å².